The molecule has 3 nitrogen and oxygen atoms in total. The van der Waals surface area contributed by atoms with Crippen LogP contribution < -0.4 is 5.32 Å². The fourth-order valence-electron chi connectivity index (χ4n) is 1.19. The Kier molecular flexibility index (Phi) is 3.29. The number of aromatic nitrogens is 2. The van der Waals surface area contributed by atoms with Crippen LogP contribution in [-0.4, -0.2) is 9.97 Å². The third-order valence-corrected chi connectivity index (χ3v) is 2.50. The van der Waals surface area contributed by atoms with Gasteiger partial charge in [-0.2, -0.15) is 0 Å². The Hall–Kier alpha value is -1.42. The van der Waals surface area contributed by atoms with E-state index in [1.807, 2.05) is 18.2 Å². The normalized spacial score (nSPS) is 9.93. The number of rotatable bonds is 3. The van der Waals surface area contributed by atoms with Gasteiger partial charge in [-0.15, -0.1) is 0 Å². The van der Waals surface area contributed by atoms with Gasteiger partial charge in [0.05, 0.1) is 0 Å². The van der Waals surface area contributed by atoms with E-state index in [0.29, 0.717) is 0 Å². The number of nitrogens with zero attached hydrogens (tertiary/aromatic N) is 2. The minimum atomic E-state index is 0.768. The molecule has 0 atom stereocenters. The van der Waals surface area contributed by atoms with Crippen molar-refractivity contribution in [3.63, 3.8) is 0 Å². The van der Waals surface area contributed by atoms with E-state index in [2.05, 4.69) is 43.3 Å². The van der Waals surface area contributed by atoms with Gasteiger partial charge in [0.25, 0.3) is 0 Å². The van der Waals surface area contributed by atoms with Crippen molar-refractivity contribution in [3.8, 4) is 0 Å². The Morgan fingerprint density at radius 3 is 2.60 bits per heavy atom. The second-order valence-electron chi connectivity index (χ2n) is 3.07. The predicted molar refractivity (Wildman–Crippen MR) is 63.5 cm³/mol. The van der Waals surface area contributed by atoms with Crippen LogP contribution in [0, 0.1) is 0 Å². The van der Waals surface area contributed by atoms with Crippen LogP contribution in [0.2, 0.25) is 0 Å². The van der Waals surface area contributed by atoms with Crippen LogP contribution in [0.25, 0.3) is 0 Å². The zero-order valence-electron chi connectivity index (χ0n) is 8.02. The van der Waals surface area contributed by atoms with Gasteiger partial charge in [-0.05, 0) is 23.8 Å². The minimum Gasteiger partial charge on any atom is -0.366 e. The molecule has 0 unspecified atom stereocenters. The topological polar surface area (TPSA) is 37.8 Å². The first-order valence-electron chi connectivity index (χ1n) is 4.59. The number of nitrogens with one attached hydrogen (secondary N) is 1. The van der Waals surface area contributed by atoms with Gasteiger partial charge in [-0.1, -0.05) is 28.1 Å². The van der Waals surface area contributed by atoms with E-state index in [1.54, 1.807) is 6.20 Å². The predicted octanol–water partition coefficient (Wildman–Crippen LogP) is 2.85. The fraction of sp³-hybridized carbons (Fsp3) is 0.0909. The summed E-state index contributed by atoms with van der Waals surface area (Å²) in [6, 6.07) is 10.0. The zero-order chi connectivity index (χ0) is 10.5. The van der Waals surface area contributed by atoms with E-state index in [0.717, 1.165) is 16.8 Å². The van der Waals surface area contributed by atoms with Gasteiger partial charge in [0, 0.05) is 17.2 Å². The molecule has 0 aliphatic carbocycles. The maximum atomic E-state index is 4.08. The average molecular weight is 264 g/mol. The molecular weight excluding hydrogens is 254 g/mol. The second kappa shape index (κ2) is 4.89. The van der Waals surface area contributed by atoms with Gasteiger partial charge in [0.1, 0.15) is 12.1 Å². The first-order chi connectivity index (χ1) is 7.34. The van der Waals surface area contributed by atoms with Gasteiger partial charge in [-0.3, -0.25) is 0 Å². The summed E-state index contributed by atoms with van der Waals surface area (Å²) >= 11 is 3.40. The first kappa shape index (κ1) is 10.1. The van der Waals surface area contributed by atoms with Crippen molar-refractivity contribution in [2.24, 2.45) is 0 Å². The summed E-state index contributed by atoms with van der Waals surface area (Å²) < 4.78 is 1.09. The Bertz CT molecular complexity index is 414. The summed E-state index contributed by atoms with van der Waals surface area (Å²) in [6.07, 6.45) is 3.25. The van der Waals surface area contributed by atoms with Crippen molar-refractivity contribution < 1.29 is 0 Å². The highest BCUT2D eigenvalue weighted by atomic mass is 79.9. The highest BCUT2D eigenvalue weighted by Crippen LogP contribution is 2.11. The SMILES string of the molecule is Brc1ccc(CNc2ccncn2)cc1. The van der Waals surface area contributed by atoms with E-state index in [-0.39, 0.29) is 0 Å². The van der Waals surface area contributed by atoms with Crippen molar-refractivity contribution in [3.05, 3.63) is 52.9 Å². The van der Waals surface area contributed by atoms with Crippen LogP contribution >= 0.6 is 15.9 Å². The molecule has 76 valence electrons. The molecule has 0 amide bonds. The smallest absolute Gasteiger partial charge is 0.129 e. The molecule has 0 saturated carbocycles. The average Bonchev–Trinajstić information content (AvgIpc) is 2.30. The van der Waals surface area contributed by atoms with Crippen LogP contribution in [0.3, 0.4) is 0 Å². The molecule has 0 bridgehead atoms. The minimum absolute atomic E-state index is 0.768. The molecule has 0 aliphatic rings. The van der Waals surface area contributed by atoms with Gasteiger partial charge < -0.3 is 5.32 Å². The molecule has 4 heteroatoms. The largest absolute Gasteiger partial charge is 0.366 e. The molecule has 1 heterocycles. The third-order valence-electron chi connectivity index (χ3n) is 1.97. The highest BCUT2D eigenvalue weighted by Gasteiger charge is 1.94. The number of hydrogen-bond donors (Lipinski definition) is 1. The lowest BCUT2D eigenvalue weighted by Gasteiger charge is -2.04. The Balaban J connectivity index is 1.96. The molecule has 1 N–H and O–H groups in total. The highest BCUT2D eigenvalue weighted by molar-refractivity contribution is 9.10. The van der Waals surface area contributed by atoms with Crippen molar-refractivity contribution in [1.82, 2.24) is 9.97 Å². The van der Waals surface area contributed by atoms with Gasteiger partial charge in [0.2, 0.25) is 0 Å². The summed E-state index contributed by atoms with van der Waals surface area (Å²) in [5, 5.41) is 3.21. The molecule has 2 rings (SSSR count). The number of benzene rings is 1. The quantitative estimate of drug-likeness (QED) is 0.926. The Morgan fingerprint density at radius 1 is 1.13 bits per heavy atom. The molecule has 0 radical (unpaired) electrons. The van der Waals surface area contributed by atoms with E-state index in [9.17, 15) is 0 Å². The van der Waals surface area contributed by atoms with Crippen molar-refractivity contribution in [1.29, 1.82) is 0 Å². The second-order valence-corrected chi connectivity index (χ2v) is 3.99. The van der Waals surface area contributed by atoms with E-state index in [4.69, 9.17) is 0 Å². The molecule has 0 aliphatic heterocycles. The number of anilines is 1. The number of halogens is 1. The van der Waals surface area contributed by atoms with Gasteiger partial charge in [-0.25, -0.2) is 9.97 Å². The van der Waals surface area contributed by atoms with Crippen LogP contribution in [-0.2, 0) is 6.54 Å². The van der Waals surface area contributed by atoms with Crippen LogP contribution in [0.5, 0.6) is 0 Å². The van der Waals surface area contributed by atoms with E-state index >= 15 is 0 Å². The monoisotopic (exact) mass is 263 g/mol. The summed E-state index contributed by atoms with van der Waals surface area (Å²) in [5.74, 6) is 0.841. The number of hydrogen-bond acceptors (Lipinski definition) is 3. The molecule has 15 heavy (non-hydrogen) atoms. The lowest BCUT2D eigenvalue weighted by Crippen LogP contribution is -2.00. The molecule has 1 aromatic heterocycles. The van der Waals surface area contributed by atoms with E-state index in [1.165, 1.54) is 11.9 Å². The molecular formula is C11H10BrN3. The Morgan fingerprint density at radius 2 is 1.93 bits per heavy atom. The molecule has 0 spiro atoms. The van der Waals surface area contributed by atoms with Gasteiger partial charge >= 0.3 is 0 Å². The third kappa shape index (κ3) is 3.02. The van der Waals surface area contributed by atoms with Crippen LogP contribution in [0.4, 0.5) is 5.82 Å². The van der Waals surface area contributed by atoms with Crippen molar-refractivity contribution in [2.75, 3.05) is 5.32 Å². The summed E-state index contributed by atoms with van der Waals surface area (Å²) in [5.41, 5.74) is 1.22. The van der Waals surface area contributed by atoms with Crippen molar-refractivity contribution >= 4 is 21.7 Å². The standard InChI is InChI=1S/C11H10BrN3/c12-10-3-1-9(2-4-10)7-14-11-5-6-13-8-15-11/h1-6,8H,7H2,(H,13,14,15). The van der Waals surface area contributed by atoms with E-state index < -0.39 is 0 Å². The molecule has 0 fully saturated rings. The first-order valence-corrected chi connectivity index (χ1v) is 5.38. The lowest BCUT2D eigenvalue weighted by atomic mass is 10.2. The van der Waals surface area contributed by atoms with Crippen LogP contribution in [0.15, 0.2) is 47.3 Å². The maximum absolute atomic E-state index is 4.08. The summed E-state index contributed by atoms with van der Waals surface area (Å²) in [4.78, 5) is 7.93. The fourth-order valence-corrected chi connectivity index (χ4v) is 1.45. The Labute approximate surface area is 96.7 Å². The van der Waals surface area contributed by atoms with Gasteiger partial charge in [0.15, 0.2) is 0 Å². The molecule has 0 saturated heterocycles. The summed E-state index contributed by atoms with van der Waals surface area (Å²) in [6.45, 7) is 0.768. The maximum Gasteiger partial charge on any atom is 0.129 e. The summed E-state index contributed by atoms with van der Waals surface area (Å²) in [7, 11) is 0. The molecule has 1 aromatic carbocycles. The lowest BCUT2D eigenvalue weighted by molar-refractivity contribution is 1.08. The zero-order valence-corrected chi connectivity index (χ0v) is 9.61. The molecule has 2 aromatic rings. The van der Waals surface area contributed by atoms with Crippen molar-refractivity contribution in [2.45, 2.75) is 6.54 Å². The van der Waals surface area contributed by atoms with Crippen LogP contribution in [0.1, 0.15) is 5.56 Å².